The molecular formula is C17H27BrFN. The lowest BCUT2D eigenvalue weighted by molar-refractivity contribution is 0.300. The molecule has 0 saturated carbocycles. The highest BCUT2D eigenvalue weighted by Gasteiger charge is 2.17. The summed E-state index contributed by atoms with van der Waals surface area (Å²) in [4.78, 5) is 0. The Bertz CT molecular complexity index is 415. The summed E-state index contributed by atoms with van der Waals surface area (Å²) in [6, 6.07) is 5.31. The Morgan fingerprint density at radius 1 is 1.25 bits per heavy atom. The molecule has 0 radical (unpaired) electrons. The van der Waals surface area contributed by atoms with Crippen LogP contribution in [0, 0.1) is 17.2 Å². The molecule has 0 aliphatic rings. The van der Waals surface area contributed by atoms with Gasteiger partial charge in [0.25, 0.3) is 0 Å². The molecule has 0 heterocycles. The lowest BCUT2D eigenvalue weighted by Gasteiger charge is -2.25. The molecule has 0 saturated heterocycles. The lowest BCUT2D eigenvalue weighted by Crippen LogP contribution is -2.25. The van der Waals surface area contributed by atoms with E-state index in [4.69, 9.17) is 0 Å². The van der Waals surface area contributed by atoms with Gasteiger partial charge in [-0.3, -0.25) is 0 Å². The Morgan fingerprint density at radius 2 is 1.95 bits per heavy atom. The number of hydrogen-bond donors (Lipinski definition) is 1. The van der Waals surface area contributed by atoms with Crippen molar-refractivity contribution in [1.29, 1.82) is 0 Å². The van der Waals surface area contributed by atoms with Crippen LogP contribution in [0.3, 0.4) is 0 Å². The van der Waals surface area contributed by atoms with E-state index in [2.05, 4.69) is 48.9 Å². The van der Waals surface area contributed by atoms with Gasteiger partial charge in [-0.25, -0.2) is 4.39 Å². The van der Waals surface area contributed by atoms with Crippen molar-refractivity contribution in [1.82, 2.24) is 5.32 Å². The van der Waals surface area contributed by atoms with Crippen molar-refractivity contribution in [2.24, 2.45) is 11.3 Å². The number of hydrogen-bond acceptors (Lipinski definition) is 1. The molecule has 1 aromatic carbocycles. The summed E-state index contributed by atoms with van der Waals surface area (Å²) in [6.45, 7) is 11.2. The molecule has 0 spiro atoms. The first-order chi connectivity index (χ1) is 9.30. The molecule has 0 unspecified atom stereocenters. The van der Waals surface area contributed by atoms with Crippen LogP contribution in [0.25, 0.3) is 0 Å². The van der Waals surface area contributed by atoms with Gasteiger partial charge in [0.15, 0.2) is 0 Å². The first-order valence-electron chi connectivity index (χ1n) is 7.45. The summed E-state index contributed by atoms with van der Waals surface area (Å²) in [5.41, 5.74) is 1.51. The third-order valence-electron chi connectivity index (χ3n) is 3.61. The molecule has 3 heteroatoms. The summed E-state index contributed by atoms with van der Waals surface area (Å²) < 4.78 is 13.7. The number of benzene rings is 1. The molecule has 114 valence electrons. The number of rotatable bonds is 8. The highest BCUT2D eigenvalue weighted by atomic mass is 79.9. The first-order valence-corrected chi connectivity index (χ1v) is 8.24. The van der Waals surface area contributed by atoms with E-state index in [0.29, 0.717) is 15.8 Å². The molecule has 0 fully saturated rings. The zero-order valence-electron chi connectivity index (χ0n) is 13.1. The maximum absolute atomic E-state index is 13.2. The van der Waals surface area contributed by atoms with Crippen molar-refractivity contribution >= 4 is 15.9 Å². The Labute approximate surface area is 131 Å². The minimum atomic E-state index is -0.189. The van der Waals surface area contributed by atoms with Crippen LogP contribution in [-0.4, -0.2) is 13.1 Å². The Hall–Kier alpha value is -0.410. The van der Waals surface area contributed by atoms with Crippen molar-refractivity contribution in [2.75, 3.05) is 13.1 Å². The zero-order valence-corrected chi connectivity index (χ0v) is 14.7. The molecule has 0 aliphatic heterocycles. The van der Waals surface area contributed by atoms with E-state index in [1.807, 2.05) is 12.1 Å². The van der Waals surface area contributed by atoms with Crippen molar-refractivity contribution in [3.8, 4) is 0 Å². The molecule has 0 bridgehead atoms. The number of nitrogens with one attached hydrogen (secondary N) is 1. The molecule has 0 amide bonds. The molecule has 1 rings (SSSR count). The van der Waals surface area contributed by atoms with Gasteiger partial charge in [0.2, 0.25) is 0 Å². The van der Waals surface area contributed by atoms with Gasteiger partial charge in [0, 0.05) is 0 Å². The summed E-state index contributed by atoms with van der Waals surface area (Å²) in [6.07, 6.45) is 3.28. The van der Waals surface area contributed by atoms with E-state index >= 15 is 0 Å². The van der Waals surface area contributed by atoms with Gasteiger partial charge in [-0.1, -0.05) is 33.8 Å². The second-order valence-electron chi connectivity index (χ2n) is 6.76. The fourth-order valence-electron chi connectivity index (χ4n) is 2.12. The van der Waals surface area contributed by atoms with Crippen LogP contribution >= 0.6 is 15.9 Å². The van der Waals surface area contributed by atoms with Gasteiger partial charge in [-0.15, -0.1) is 0 Å². The minimum absolute atomic E-state index is 0.189. The molecule has 0 aromatic heterocycles. The summed E-state index contributed by atoms with van der Waals surface area (Å²) >= 11 is 3.25. The molecule has 0 atom stereocenters. The summed E-state index contributed by atoms with van der Waals surface area (Å²) in [7, 11) is 0. The lowest BCUT2D eigenvalue weighted by atomic mass is 9.83. The van der Waals surface area contributed by atoms with Crippen LogP contribution in [-0.2, 0) is 6.42 Å². The number of aryl methyl sites for hydroxylation is 1. The summed E-state index contributed by atoms with van der Waals surface area (Å²) in [5, 5.41) is 3.50. The van der Waals surface area contributed by atoms with E-state index < -0.39 is 0 Å². The normalized spacial score (nSPS) is 12.2. The average molecular weight is 344 g/mol. The van der Waals surface area contributed by atoms with E-state index in [0.717, 1.165) is 25.9 Å². The molecule has 1 aromatic rings. The largest absolute Gasteiger partial charge is 0.316 e. The van der Waals surface area contributed by atoms with E-state index in [1.165, 1.54) is 18.1 Å². The maximum atomic E-state index is 13.2. The highest BCUT2D eigenvalue weighted by Crippen LogP contribution is 2.27. The topological polar surface area (TPSA) is 12.0 Å². The fourth-order valence-corrected chi connectivity index (χ4v) is 2.55. The molecule has 20 heavy (non-hydrogen) atoms. The van der Waals surface area contributed by atoms with E-state index in [1.54, 1.807) is 0 Å². The van der Waals surface area contributed by atoms with Gasteiger partial charge >= 0.3 is 0 Å². The van der Waals surface area contributed by atoms with Gasteiger partial charge in [0.1, 0.15) is 5.82 Å². The van der Waals surface area contributed by atoms with Gasteiger partial charge in [-0.05, 0) is 77.3 Å². The maximum Gasteiger partial charge on any atom is 0.137 e. The van der Waals surface area contributed by atoms with Gasteiger partial charge < -0.3 is 5.32 Å². The predicted octanol–water partition coefficient (Wildman–Crippen LogP) is 5.18. The zero-order chi connectivity index (χ0) is 15.2. The standard InChI is InChI=1S/C17H27BrFN/c1-13(2)12-20-10-9-17(3,4)8-7-14-5-6-16(19)15(18)11-14/h5-6,11,13,20H,7-10,12H2,1-4H3. The Kier molecular flexibility index (Phi) is 7.18. The predicted molar refractivity (Wildman–Crippen MR) is 88.5 cm³/mol. The quantitative estimate of drug-likeness (QED) is 0.641. The van der Waals surface area contributed by atoms with Gasteiger partial charge in [-0.2, -0.15) is 0 Å². The highest BCUT2D eigenvalue weighted by molar-refractivity contribution is 9.10. The Morgan fingerprint density at radius 3 is 2.55 bits per heavy atom. The molecule has 1 N–H and O–H groups in total. The first kappa shape index (κ1) is 17.6. The smallest absolute Gasteiger partial charge is 0.137 e. The van der Waals surface area contributed by atoms with Gasteiger partial charge in [0.05, 0.1) is 4.47 Å². The number of halogens is 2. The van der Waals surface area contributed by atoms with Crippen molar-refractivity contribution < 1.29 is 4.39 Å². The third kappa shape index (κ3) is 6.85. The van der Waals surface area contributed by atoms with Crippen LogP contribution in [0.1, 0.15) is 46.1 Å². The molecular weight excluding hydrogens is 317 g/mol. The SMILES string of the molecule is CC(C)CNCCC(C)(C)CCc1ccc(F)c(Br)c1. The summed E-state index contributed by atoms with van der Waals surface area (Å²) in [5.74, 6) is 0.514. The molecule has 0 aliphatic carbocycles. The average Bonchev–Trinajstić information content (AvgIpc) is 2.36. The molecule has 1 nitrogen and oxygen atoms in total. The van der Waals surface area contributed by atoms with Crippen LogP contribution in [0.2, 0.25) is 0 Å². The monoisotopic (exact) mass is 343 g/mol. The second kappa shape index (κ2) is 8.14. The van der Waals surface area contributed by atoms with Crippen LogP contribution in [0.5, 0.6) is 0 Å². The van der Waals surface area contributed by atoms with Crippen LogP contribution < -0.4 is 5.32 Å². The van der Waals surface area contributed by atoms with Crippen LogP contribution in [0.4, 0.5) is 4.39 Å². The second-order valence-corrected chi connectivity index (χ2v) is 7.61. The van der Waals surface area contributed by atoms with E-state index in [-0.39, 0.29) is 5.82 Å². The Balaban J connectivity index is 2.36. The fraction of sp³-hybridized carbons (Fsp3) is 0.647. The minimum Gasteiger partial charge on any atom is -0.316 e. The van der Waals surface area contributed by atoms with Crippen molar-refractivity contribution in [3.05, 3.63) is 34.1 Å². The van der Waals surface area contributed by atoms with Crippen LogP contribution in [0.15, 0.2) is 22.7 Å². The van der Waals surface area contributed by atoms with E-state index in [9.17, 15) is 4.39 Å². The van der Waals surface area contributed by atoms with Crippen molar-refractivity contribution in [2.45, 2.75) is 47.0 Å². The van der Waals surface area contributed by atoms with Crippen molar-refractivity contribution in [3.63, 3.8) is 0 Å². The third-order valence-corrected chi connectivity index (χ3v) is 4.21.